The first-order chi connectivity index (χ1) is 10.4. The topological polar surface area (TPSA) is 49.4 Å². The lowest BCUT2D eigenvalue weighted by molar-refractivity contribution is -0.126. The highest BCUT2D eigenvalue weighted by Gasteiger charge is 2.33. The second-order valence-corrected chi connectivity index (χ2v) is 7.61. The van der Waals surface area contributed by atoms with Crippen molar-refractivity contribution in [3.05, 3.63) is 28.2 Å². The largest absolute Gasteiger partial charge is 0.325 e. The van der Waals surface area contributed by atoms with Gasteiger partial charge < -0.3 is 5.32 Å². The van der Waals surface area contributed by atoms with E-state index in [9.17, 15) is 9.59 Å². The van der Waals surface area contributed by atoms with Crippen molar-refractivity contribution in [2.24, 2.45) is 0 Å². The summed E-state index contributed by atoms with van der Waals surface area (Å²) in [7, 11) is 0. The Kier molecular flexibility index (Phi) is 6.09. The summed E-state index contributed by atoms with van der Waals surface area (Å²) in [5.41, 5.74) is 0.521. The number of carbonyl (C=O) groups excluding carboxylic acids is 2. The molecule has 1 unspecified atom stereocenters. The highest BCUT2D eigenvalue weighted by Crippen LogP contribution is 2.27. The quantitative estimate of drug-likeness (QED) is 0.790. The van der Waals surface area contributed by atoms with E-state index in [0.29, 0.717) is 33.0 Å². The van der Waals surface area contributed by atoms with E-state index in [1.54, 1.807) is 23.1 Å². The molecule has 1 atom stereocenters. The molecule has 1 N–H and O–H groups in total. The van der Waals surface area contributed by atoms with Crippen molar-refractivity contribution in [2.75, 3.05) is 11.9 Å². The number of nitrogens with one attached hydrogen (secondary N) is 1. The van der Waals surface area contributed by atoms with Crippen molar-refractivity contribution in [1.82, 2.24) is 4.90 Å². The van der Waals surface area contributed by atoms with Crippen LogP contribution in [0.15, 0.2) is 18.2 Å². The van der Waals surface area contributed by atoms with Crippen LogP contribution in [0.1, 0.15) is 19.8 Å². The summed E-state index contributed by atoms with van der Waals surface area (Å²) in [5, 5.41) is 3.49. The Labute approximate surface area is 148 Å². The molecule has 1 fully saturated rings. The van der Waals surface area contributed by atoms with Gasteiger partial charge in [-0.15, -0.1) is 0 Å². The minimum atomic E-state index is -0.164. The van der Waals surface area contributed by atoms with Crippen molar-refractivity contribution in [3.8, 4) is 0 Å². The van der Waals surface area contributed by atoms with Crippen LogP contribution in [-0.4, -0.2) is 32.8 Å². The summed E-state index contributed by atoms with van der Waals surface area (Å²) in [6.07, 6.45) is 0.820. The highest BCUT2D eigenvalue weighted by molar-refractivity contribution is 8.24. The number of carbonyl (C=O) groups is 2. The van der Waals surface area contributed by atoms with Crippen LogP contribution in [0.25, 0.3) is 0 Å². The van der Waals surface area contributed by atoms with Gasteiger partial charge in [0, 0.05) is 18.0 Å². The maximum absolute atomic E-state index is 11.9. The molecule has 1 saturated heterocycles. The number of anilines is 1. The minimum Gasteiger partial charge on any atom is -0.325 e. The normalized spacial score (nSPS) is 18.0. The lowest BCUT2D eigenvalue weighted by atomic mass is 10.2. The summed E-state index contributed by atoms with van der Waals surface area (Å²) in [6, 6.07) is 4.88. The van der Waals surface area contributed by atoms with Crippen molar-refractivity contribution in [3.63, 3.8) is 0 Å². The third kappa shape index (κ3) is 4.35. The molecule has 4 nitrogen and oxygen atoms in total. The van der Waals surface area contributed by atoms with E-state index in [2.05, 4.69) is 5.32 Å². The van der Waals surface area contributed by atoms with Crippen molar-refractivity contribution < 1.29 is 9.59 Å². The number of benzene rings is 1. The van der Waals surface area contributed by atoms with Crippen LogP contribution in [0.5, 0.6) is 0 Å². The Hall–Kier alpha value is -0.820. The maximum atomic E-state index is 11.9. The van der Waals surface area contributed by atoms with Gasteiger partial charge in [0.15, 0.2) is 0 Å². The molecule has 1 aromatic carbocycles. The van der Waals surface area contributed by atoms with Gasteiger partial charge in [-0.25, -0.2) is 0 Å². The Morgan fingerprint density at radius 2 is 2.18 bits per heavy atom. The zero-order valence-corrected chi connectivity index (χ0v) is 14.9. The van der Waals surface area contributed by atoms with Crippen molar-refractivity contribution in [1.29, 1.82) is 0 Å². The lowest BCUT2D eigenvalue weighted by Gasteiger charge is -2.15. The minimum absolute atomic E-state index is 0.0103. The van der Waals surface area contributed by atoms with Crippen LogP contribution in [0.2, 0.25) is 10.0 Å². The highest BCUT2D eigenvalue weighted by atomic mass is 35.5. The molecule has 118 valence electrons. The van der Waals surface area contributed by atoms with Crippen molar-refractivity contribution in [2.45, 2.75) is 25.0 Å². The summed E-state index contributed by atoms with van der Waals surface area (Å²) in [6.45, 7) is 2.28. The van der Waals surface area contributed by atoms with Crippen LogP contribution in [0.3, 0.4) is 0 Å². The van der Waals surface area contributed by atoms with E-state index < -0.39 is 0 Å². The van der Waals surface area contributed by atoms with Gasteiger partial charge in [-0.2, -0.15) is 0 Å². The molecule has 0 aromatic heterocycles. The number of rotatable bonds is 5. The first kappa shape index (κ1) is 17.5. The maximum Gasteiger partial charge on any atom is 0.241 e. The van der Waals surface area contributed by atoms with Gasteiger partial charge in [-0.1, -0.05) is 47.2 Å². The summed E-state index contributed by atoms with van der Waals surface area (Å²) in [4.78, 5) is 25.3. The molecule has 1 aliphatic rings. The monoisotopic (exact) mass is 376 g/mol. The van der Waals surface area contributed by atoms with Crippen LogP contribution in [0, 0.1) is 0 Å². The number of hydrogen-bond donors (Lipinski definition) is 1. The van der Waals surface area contributed by atoms with Gasteiger partial charge in [0.1, 0.15) is 4.32 Å². The second-order valence-electron chi connectivity index (χ2n) is 4.79. The van der Waals surface area contributed by atoms with Crippen LogP contribution in [-0.2, 0) is 9.59 Å². The molecule has 8 heteroatoms. The average molecular weight is 377 g/mol. The molecule has 0 saturated carbocycles. The van der Waals surface area contributed by atoms with Gasteiger partial charge in [-0.05, 0) is 31.5 Å². The van der Waals surface area contributed by atoms with Gasteiger partial charge in [0.25, 0.3) is 0 Å². The molecule has 0 spiro atoms. The molecular formula is C14H14Cl2N2O2S2. The number of halogens is 2. The number of thioether (sulfide) groups is 1. The number of nitrogens with zero attached hydrogens (tertiary/aromatic N) is 1. The molecule has 2 amide bonds. The van der Waals surface area contributed by atoms with E-state index in [1.165, 1.54) is 11.8 Å². The van der Waals surface area contributed by atoms with Crippen molar-refractivity contribution >= 4 is 69.0 Å². The predicted molar refractivity (Wildman–Crippen MR) is 95.7 cm³/mol. The molecule has 0 radical (unpaired) electrons. The first-order valence-electron chi connectivity index (χ1n) is 6.65. The fraction of sp³-hybridized carbons (Fsp3) is 0.357. The molecule has 0 aliphatic carbocycles. The van der Waals surface area contributed by atoms with Gasteiger partial charge >= 0.3 is 0 Å². The van der Waals surface area contributed by atoms with E-state index >= 15 is 0 Å². The summed E-state index contributed by atoms with van der Waals surface area (Å²) >= 11 is 18.3. The van der Waals surface area contributed by atoms with Gasteiger partial charge in [0.2, 0.25) is 11.8 Å². The third-order valence-corrected chi connectivity index (χ3v) is 5.14. The molecule has 1 heterocycles. The molecule has 22 heavy (non-hydrogen) atoms. The molecule has 0 bridgehead atoms. The lowest BCUT2D eigenvalue weighted by Crippen LogP contribution is -2.32. The second kappa shape index (κ2) is 7.64. The van der Waals surface area contributed by atoms with Crippen LogP contribution in [0.4, 0.5) is 5.69 Å². The van der Waals surface area contributed by atoms with E-state index in [4.69, 9.17) is 35.4 Å². The van der Waals surface area contributed by atoms with E-state index in [1.807, 2.05) is 6.92 Å². The molecule has 1 aromatic rings. The SMILES string of the molecule is CC1SC(=S)N(CCCC(=O)Nc2ccc(Cl)cc2Cl)C1=O. The standard InChI is InChI=1S/C14H14Cl2N2O2S2/c1-8-13(20)18(14(21)22-8)6-2-3-12(19)17-11-5-4-9(15)7-10(11)16/h4-5,7-8H,2-3,6H2,1H3,(H,17,19). The zero-order valence-electron chi connectivity index (χ0n) is 11.8. The third-order valence-electron chi connectivity index (χ3n) is 3.10. The molecule has 1 aliphatic heterocycles. The number of amides is 2. The van der Waals surface area contributed by atoms with Crippen LogP contribution < -0.4 is 5.32 Å². The van der Waals surface area contributed by atoms with Crippen LogP contribution >= 0.6 is 47.2 Å². The molecular weight excluding hydrogens is 363 g/mol. The first-order valence-corrected chi connectivity index (χ1v) is 8.70. The number of thiocarbonyl (C=S) groups is 1. The fourth-order valence-corrected chi connectivity index (χ4v) is 3.89. The van der Waals surface area contributed by atoms with E-state index in [0.717, 1.165) is 0 Å². The Morgan fingerprint density at radius 3 is 2.77 bits per heavy atom. The Balaban J connectivity index is 1.81. The average Bonchev–Trinajstić information content (AvgIpc) is 2.68. The Bertz CT molecular complexity index is 625. The zero-order chi connectivity index (χ0) is 16.3. The fourth-order valence-electron chi connectivity index (χ4n) is 1.98. The molecule has 2 rings (SSSR count). The van der Waals surface area contributed by atoms with E-state index in [-0.39, 0.29) is 23.5 Å². The van der Waals surface area contributed by atoms with Gasteiger partial charge in [-0.3, -0.25) is 14.5 Å². The van der Waals surface area contributed by atoms with Gasteiger partial charge in [0.05, 0.1) is 16.0 Å². The summed E-state index contributed by atoms with van der Waals surface area (Å²) < 4.78 is 0.582. The smallest absolute Gasteiger partial charge is 0.241 e. The number of hydrogen-bond acceptors (Lipinski definition) is 4. The Morgan fingerprint density at radius 1 is 1.45 bits per heavy atom. The summed E-state index contributed by atoms with van der Waals surface area (Å²) in [5.74, 6) is -0.154. The predicted octanol–water partition coefficient (Wildman–Crippen LogP) is 3.96.